The molecule has 0 aromatic heterocycles. The standard InChI is InChI=1S/C5H11N3/c1-5(2)7-3-4-8-6/h3-5H,6H2,1-2H3/b7-3?,8-4-. The van der Waals surface area contributed by atoms with Crippen molar-refractivity contribution in [3.05, 3.63) is 0 Å². The lowest BCUT2D eigenvalue weighted by molar-refractivity contribution is 0.843. The summed E-state index contributed by atoms with van der Waals surface area (Å²) in [5.41, 5.74) is 0. The van der Waals surface area contributed by atoms with Crippen LogP contribution in [0.1, 0.15) is 13.8 Å². The van der Waals surface area contributed by atoms with Crippen LogP contribution in [0.4, 0.5) is 0 Å². The number of nitrogens with zero attached hydrogens (tertiary/aromatic N) is 2. The molecule has 46 valence electrons. The fourth-order valence-corrected chi connectivity index (χ4v) is 0.249. The monoisotopic (exact) mass is 113 g/mol. The van der Waals surface area contributed by atoms with E-state index in [4.69, 9.17) is 5.84 Å². The molecule has 0 spiro atoms. The molecule has 0 saturated heterocycles. The van der Waals surface area contributed by atoms with Crippen LogP contribution in [-0.2, 0) is 0 Å². The van der Waals surface area contributed by atoms with Crippen LogP contribution in [0, 0.1) is 0 Å². The minimum Gasteiger partial charge on any atom is -0.323 e. The minimum absolute atomic E-state index is 0.327. The second-order valence-electron chi connectivity index (χ2n) is 1.69. The molecule has 0 aliphatic rings. The van der Waals surface area contributed by atoms with Crippen LogP contribution in [0.5, 0.6) is 0 Å². The molecule has 0 radical (unpaired) electrons. The first kappa shape index (κ1) is 7.14. The molecule has 0 saturated carbocycles. The maximum absolute atomic E-state index is 4.79. The molecule has 0 amide bonds. The van der Waals surface area contributed by atoms with Crippen molar-refractivity contribution in [2.75, 3.05) is 0 Å². The third-order valence-electron chi connectivity index (χ3n) is 0.537. The van der Waals surface area contributed by atoms with E-state index in [2.05, 4.69) is 10.1 Å². The third-order valence-corrected chi connectivity index (χ3v) is 0.537. The van der Waals surface area contributed by atoms with Gasteiger partial charge in [-0.15, -0.1) is 0 Å². The number of aliphatic imine (C=N–C) groups is 1. The van der Waals surface area contributed by atoms with Crippen molar-refractivity contribution in [3.63, 3.8) is 0 Å². The average Bonchev–Trinajstić information content (AvgIpc) is 1.66. The first-order valence-corrected chi connectivity index (χ1v) is 2.52. The highest BCUT2D eigenvalue weighted by Gasteiger charge is 1.78. The Morgan fingerprint density at radius 1 is 1.38 bits per heavy atom. The molecule has 0 atom stereocenters. The highest BCUT2D eigenvalue weighted by molar-refractivity contribution is 6.15. The van der Waals surface area contributed by atoms with Crippen molar-refractivity contribution < 1.29 is 0 Å². The number of rotatable bonds is 2. The van der Waals surface area contributed by atoms with E-state index in [1.807, 2.05) is 13.8 Å². The fraction of sp³-hybridized carbons (Fsp3) is 0.600. The predicted molar refractivity (Wildman–Crippen MR) is 36.3 cm³/mol. The van der Waals surface area contributed by atoms with Crippen molar-refractivity contribution in [1.29, 1.82) is 0 Å². The van der Waals surface area contributed by atoms with Crippen molar-refractivity contribution >= 4 is 12.4 Å². The van der Waals surface area contributed by atoms with Gasteiger partial charge in [0.05, 0.1) is 6.21 Å². The molecule has 0 aromatic rings. The second-order valence-corrected chi connectivity index (χ2v) is 1.69. The van der Waals surface area contributed by atoms with E-state index in [0.717, 1.165) is 0 Å². The largest absolute Gasteiger partial charge is 0.323 e. The van der Waals surface area contributed by atoms with Gasteiger partial charge in [-0.2, -0.15) is 5.10 Å². The molecule has 0 fully saturated rings. The molecule has 3 nitrogen and oxygen atoms in total. The highest BCUT2D eigenvalue weighted by Crippen LogP contribution is 1.80. The molecule has 0 heterocycles. The molecule has 8 heavy (non-hydrogen) atoms. The van der Waals surface area contributed by atoms with E-state index in [0.29, 0.717) is 6.04 Å². The van der Waals surface area contributed by atoms with Crippen molar-refractivity contribution in [2.45, 2.75) is 19.9 Å². The zero-order chi connectivity index (χ0) is 6.41. The predicted octanol–water partition coefficient (Wildman–Crippen LogP) is 0.410. The zero-order valence-electron chi connectivity index (χ0n) is 5.20. The van der Waals surface area contributed by atoms with Crippen LogP contribution in [0.25, 0.3) is 0 Å². The third kappa shape index (κ3) is 5.14. The molecule has 0 aromatic carbocycles. The lowest BCUT2D eigenvalue weighted by Crippen LogP contribution is -1.90. The van der Waals surface area contributed by atoms with E-state index in [-0.39, 0.29) is 0 Å². The summed E-state index contributed by atoms with van der Waals surface area (Å²) in [5.74, 6) is 4.79. The van der Waals surface area contributed by atoms with Crippen molar-refractivity contribution in [1.82, 2.24) is 0 Å². The van der Waals surface area contributed by atoms with Crippen LogP contribution in [-0.4, -0.2) is 18.5 Å². The molecule has 0 unspecified atom stereocenters. The molecular weight excluding hydrogens is 102 g/mol. The fourth-order valence-electron chi connectivity index (χ4n) is 0.249. The van der Waals surface area contributed by atoms with Gasteiger partial charge in [-0.25, -0.2) is 0 Å². The number of nitrogens with two attached hydrogens (primary N) is 1. The SMILES string of the molecule is CC(C)N=C/C=N\N. The van der Waals surface area contributed by atoms with Crippen LogP contribution < -0.4 is 5.84 Å². The Bertz CT molecular complexity index is 93.8. The molecule has 0 aliphatic heterocycles. The smallest absolute Gasteiger partial charge is 0.0644 e. The summed E-state index contributed by atoms with van der Waals surface area (Å²) in [6, 6.07) is 0.327. The summed E-state index contributed by atoms with van der Waals surface area (Å²) in [4.78, 5) is 3.96. The van der Waals surface area contributed by atoms with Crippen LogP contribution in [0.3, 0.4) is 0 Å². The number of hydrogen-bond donors (Lipinski definition) is 1. The zero-order valence-corrected chi connectivity index (χ0v) is 5.20. The molecule has 0 bridgehead atoms. The van der Waals surface area contributed by atoms with Crippen molar-refractivity contribution in [2.24, 2.45) is 15.9 Å². The Morgan fingerprint density at radius 2 is 2.00 bits per heavy atom. The summed E-state index contributed by atoms with van der Waals surface area (Å²) in [5, 5.41) is 3.23. The van der Waals surface area contributed by atoms with E-state index in [1.54, 1.807) is 6.21 Å². The normalized spacial score (nSPS) is 12.4. The highest BCUT2D eigenvalue weighted by atomic mass is 15.1. The van der Waals surface area contributed by atoms with E-state index >= 15 is 0 Å². The van der Waals surface area contributed by atoms with Crippen LogP contribution in [0.2, 0.25) is 0 Å². The van der Waals surface area contributed by atoms with Gasteiger partial charge in [0.25, 0.3) is 0 Å². The lowest BCUT2D eigenvalue weighted by Gasteiger charge is -1.88. The molecule has 3 heteroatoms. The average molecular weight is 113 g/mol. The summed E-state index contributed by atoms with van der Waals surface area (Å²) in [6.07, 6.45) is 3.05. The Hall–Kier alpha value is -0.860. The first-order chi connectivity index (χ1) is 3.77. The number of hydrazone groups is 1. The van der Waals surface area contributed by atoms with E-state index in [1.165, 1.54) is 6.21 Å². The summed E-state index contributed by atoms with van der Waals surface area (Å²) in [6.45, 7) is 3.97. The summed E-state index contributed by atoms with van der Waals surface area (Å²) in [7, 11) is 0. The van der Waals surface area contributed by atoms with Crippen molar-refractivity contribution in [3.8, 4) is 0 Å². The molecule has 2 N–H and O–H groups in total. The van der Waals surface area contributed by atoms with Gasteiger partial charge in [-0.3, -0.25) is 4.99 Å². The van der Waals surface area contributed by atoms with Crippen LogP contribution >= 0.6 is 0 Å². The van der Waals surface area contributed by atoms with E-state index < -0.39 is 0 Å². The maximum Gasteiger partial charge on any atom is 0.0644 e. The Labute approximate surface area is 49.3 Å². The van der Waals surface area contributed by atoms with Gasteiger partial charge in [0.2, 0.25) is 0 Å². The van der Waals surface area contributed by atoms with Crippen LogP contribution in [0.15, 0.2) is 10.1 Å². The first-order valence-electron chi connectivity index (χ1n) is 2.52. The topological polar surface area (TPSA) is 50.7 Å². The number of hydrogen-bond acceptors (Lipinski definition) is 3. The minimum atomic E-state index is 0.327. The Kier molecular flexibility index (Phi) is 3.84. The van der Waals surface area contributed by atoms with Gasteiger partial charge in [-0.05, 0) is 13.8 Å². The van der Waals surface area contributed by atoms with Gasteiger partial charge in [-0.1, -0.05) is 0 Å². The second kappa shape index (κ2) is 4.30. The van der Waals surface area contributed by atoms with Gasteiger partial charge >= 0.3 is 0 Å². The van der Waals surface area contributed by atoms with E-state index in [9.17, 15) is 0 Å². The van der Waals surface area contributed by atoms with Gasteiger partial charge in [0, 0.05) is 12.3 Å². The van der Waals surface area contributed by atoms with Gasteiger partial charge in [0.15, 0.2) is 0 Å². The van der Waals surface area contributed by atoms with Gasteiger partial charge in [0.1, 0.15) is 0 Å². The Balaban J connectivity index is 3.34. The quantitative estimate of drug-likeness (QED) is 0.315. The summed E-state index contributed by atoms with van der Waals surface area (Å²) >= 11 is 0. The Morgan fingerprint density at radius 3 is 2.38 bits per heavy atom. The maximum atomic E-state index is 4.79. The lowest BCUT2D eigenvalue weighted by atomic mass is 10.4. The molecule has 0 aliphatic carbocycles. The van der Waals surface area contributed by atoms with Gasteiger partial charge < -0.3 is 5.84 Å². The summed E-state index contributed by atoms with van der Waals surface area (Å²) < 4.78 is 0. The molecular formula is C5H11N3. The molecule has 0 rings (SSSR count).